The van der Waals surface area contributed by atoms with Crippen LogP contribution in [0.4, 0.5) is 4.39 Å². The Bertz CT molecular complexity index is 1230. The first-order valence-corrected chi connectivity index (χ1v) is 14.2. The number of alkyl halides is 1. The fourth-order valence-electron chi connectivity index (χ4n) is 4.44. The van der Waals surface area contributed by atoms with E-state index in [2.05, 4.69) is 20.1 Å². The molecule has 14 nitrogen and oxygen atoms in total. The second-order valence-electron chi connectivity index (χ2n) is 9.91. The number of aliphatic hydroxyl groups is 1. The fraction of sp³-hybridized carbons (Fsp3) is 0.583. The van der Waals surface area contributed by atoms with E-state index >= 15 is 4.39 Å². The standard InChI is InChI=1S/C24H34FN6O8P/c1-13(2)37-21(33)14(3)30-40(34,39-15-9-7-6-8-10-15)36-11-16-18(32)24(4,25)22(38-16)31-12-27-17-19(31)28-23(26)29-20(17)35-5/h6-10,13-14,16,18-19,22,32H,11-12H2,1-5H3,(H2,26,28)(H,30,34)/p+1. The molecule has 1 aromatic carbocycles. The van der Waals surface area contributed by atoms with Crippen molar-refractivity contribution in [2.75, 3.05) is 20.4 Å². The summed E-state index contributed by atoms with van der Waals surface area (Å²) in [6.07, 6.45) is -5.38. The van der Waals surface area contributed by atoms with Crippen molar-refractivity contribution in [2.45, 2.75) is 70.1 Å². The van der Waals surface area contributed by atoms with E-state index in [1.807, 2.05) is 0 Å². The van der Waals surface area contributed by atoms with Gasteiger partial charge in [0.2, 0.25) is 0 Å². The van der Waals surface area contributed by atoms with Gasteiger partial charge in [-0.3, -0.25) is 25.0 Å². The fourth-order valence-corrected chi connectivity index (χ4v) is 5.94. The minimum absolute atomic E-state index is 0.000220. The van der Waals surface area contributed by atoms with Crippen molar-refractivity contribution in [3.8, 4) is 5.75 Å². The van der Waals surface area contributed by atoms with Crippen LogP contribution in [0.1, 0.15) is 27.7 Å². The Balaban J connectivity index is 1.49. The summed E-state index contributed by atoms with van der Waals surface area (Å²) in [5.74, 6) is -0.262. The molecule has 0 bridgehead atoms. The number of aliphatic hydroxyl groups excluding tert-OH is 1. The highest BCUT2D eigenvalue weighted by Gasteiger charge is 2.59. The van der Waals surface area contributed by atoms with Gasteiger partial charge in [-0.2, -0.15) is 5.09 Å². The van der Waals surface area contributed by atoms with Gasteiger partial charge in [-0.05, 0) is 44.8 Å². The van der Waals surface area contributed by atoms with Crippen LogP contribution < -0.4 is 20.3 Å². The number of carbonyl (C=O) groups is 1. The molecule has 40 heavy (non-hydrogen) atoms. The molecule has 1 aromatic rings. The summed E-state index contributed by atoms with van der Waals surface area (Å²) in [5, 5.41) is 13.4. The molecule has 1 saturated heterocycles. The predicted molar refractivity (Wildman–Crippen MR) is 141 cm³/mol. The van der Waals surface area contributed by atoms with Gasteiger partial charge in [0.05, 0.1) is 26.5 Å². The summed E-state index contributed by atoms with van der Waals surface area (Å²) >= 11 is 0. The lowest BCUT2D eigenvalue weighted by atomic mass is 9.98. The topological polar surface area (TPSA) is 180 Å². The van der Waals surface area contributed by atoms with E-state index in [-0.39, 0.29) is 24.3 Å². The van der Waals surface area contributed by atoms with E-state index < -0.39 is 62.7 Å². The van der Waals surface area contributed by atoms with Crippen molar-refractivity contribution in [3.63, 3.8) is 0 Å². The Morgan fingerprint density at radius 1 is 1.38 bits per heavy atom. The van der Waals surface area contributed by atoms with Gasteiger partial charge in [0.1, 0.15) is 24.0 Å². The van der Waals surface area contributed by atoms with Crippen molar-refractivity contribution < 1.29 is 47.1 Å². The zero-order chi connectivity index (χ0) is 29.2. The molecule has 3 heterocycles. The first-order chi connectivity index (χ1) is 18.8. The van der Waals surface area contributed by atoms with Gasteiger partial charge in [0.25, 0.3) is 0 Å². The van der Waals surface area contributed by atoms with Gasteiger partial charge in [-0.15, -0.1) is 0 Å². The molecule has 16 heteroatoms. The molecule has 3 aliphatic heterocycles. The highest BCUT2D eigenvalue weighted by molar-refractivity contribution is 7.52. The molecular formula is C24H35FN6O8P+. The van der Waals surface area contributed by atoms with Gasteiger partial charge in [-0.1, -0.05) is 18.2 Å². The Morgan fingerprint density at radius 3 is 2.73 bits per heavy atom. The maximum Gasteiger partial charge on any atom is 0.459 e. The zero-order valence-electron chi connectivity index (χ0n) is 22.8. The number of halogens is 1. The van der Waals surface area contributed by atoms with Gasteiger partial charge in [0.15, 0.2) is 23.8 Å². The molecule has 5 N–H and O–H groups in total. The summed E-state index contributed by atoms with van der Waals surface area (Å²) in [7, 11) is -2.86. The van der Waals surface area contributed by atoms with Gasteiger partial charge >= 0.3 is 25.6 Å². The number of para-hydroxylation sites is 1. The van der Waals surface area contributed by atoms with Crippen LogP contribution in [0.3, 0.4) is 0 Å². The third-order valence-electron chi connectivity index (χ3n) is 6.37. The maximum absolute atomic E-state index is 16.0. The average Bonchev–Trinajstić information content (AvgIpc) is 3.40. The Kier molecular flexibility index (Phi) is 8.93. The number of methoxy groups -OCH3 is 1. The van der Waals surface area contributed by atoms with Crippen LogP contribution in [0.5, 0.6) is 5.75 Å². The van der Waals surface area contributed by atoms with Crippen LogP contribution in [0.15, 0.2) is 40.3 Å². The van der Waals surface area contributed by atoms with Gasteiger partial charge in [0, 0.05) is 0 Å². The van der Waals surface area contributed by atoms with E-state index in [0.717, 1.165) is 0 Å². The number of fused-ring (bicyclic) bond motifs is 1. The predicted octanol–water partition coefficient (Wildman–Crippen LogP) is -0.572. The van der Waals surface area contributed by atoms with Crippen LogP contribution in [0, 0.1) is 0 Å². The molecule has 0 spiro atoms. The number of benzene rings is 1. The van der Waals surface area contributed by atoms with E-state index in [9.17, 15) is 14.5 Å². The zero-order valence-corrected chi connectivity index (χ0v) is 23.7. The maximum atomic E-state index is 16.0. The molecule has 7 atom stereocenters. The number of nitrogens with one attached hydrogen (secondary N) is 2. The molecule has 4 rings (SSSR count). The molecular weight excluding hydrogens is 550 g/mol. The molecule has 0 amide bonds. The molecule has 0 saturated carbocycles. The Hall–Kier alpha value is -2.94. The third kappa shape index (κ3) is 6.35. The summed E-state index contributed by atoms with van der Waals surface area (Å²) < 4.78 is 57.3. The number of esters is 1. The van der Waals surface area contributed by atoms with E-state index in [0.29, 0.717) is 5.71 Å². The second kappa shape index (κ2) is 11.9. The summed E-state index contributed by atoms with van der Waals surface area (Å²) in [4.78, 5) is 25.2. The number of carbonyl (C=O) groups excluding carboxylic acids is 1. The molecule has 0 radical (unpaired) electrons. The summed E-state index contributed by atoms with van der Waals surface area (Å²) in [6, 6.07) is 7.07. The van der Waals surface area contributed by atoms with Crippen LogP contribution in [0.25, 0.3) is 0 Å². The normalized spacial score (nSPS) is 30.6. The van der Waals surface area contributed by atoms with E-state index in [4.69, 9.17) is 29.0 Å². The number of hydrogen-bond acceptors (Lipinski definition) is 12. The second-order valence-corrected chi connectivity index (χ2v) is 11.6. The van der Waals surface area contributed by atoms with Crippen molar-refractivity contribution in [2.24, 2.45) is 15.7 Å². The van der Waals surface area contributed by atoms with Crippen LogP contribution in [-0.2, 0) is 28.1 Å². The van der Waals surface area contributed by atoms with Crippen molar-refractivity contribution in [3.05, 3.63) is 30.3 Å². The van der Waals surface area contributed by atoms with Gasteiger partial charge in [-0.25, -0.2) is 13.9 Å². The largest absolute Gasteiger partial charge is 0.468 e. The number of nitrogens with zero attached hydrogens (tertiary/aromatic N) is 3. The molecule has 0 aromatic heterocycles. The lowest BCUT2D eigenvalue weighted by molar-refractivity contribution is -0.518. The lowest BCUT2D eigenvalue weighted by Crippen LogP contribution is -2.89. The molecule has 0 aliphatic carbocycles. The van der Waals surface area contributed by atoms with Crippen molar-refractivity contribution in [1.82, 2.24) is 9.99 Å². The summed E-state index contributed by atoms with van der Waals surface area (Å²) in [5.41, 5.74) is 3.95. The van der Waals surface area contributed by atoms with Crippen LogP contribution >= 0.6 is 7.75 Å². The summed E-state index contributed by atoms with van der Waals surface area (Å²) in [6.45, 7) is 5.43. The number of rotatable bonds is 10. The van der Waals surface area contributed by atoms with Crippen molar-refractivity contribution >= 4 is 31.3 Å². The number of guanidine groups is 1. The van der Waals surface area contributed by atoms with E-state index in [1.54, 1.807) is 44.2 Å². The Morgan fingerprint density at radius 2 is 2.08 bits per heavy atom. The number of hydrogen-bond donors (Lipinski definition) is 4. The van der Waals surface area contributed by atoms with Crippen molar-refractivity contribution in [1.29, 1.82) is 0 Å². The first kappa shape index (κ1) is 30.0. The average molecular weight is 586 g/mol. The highest BCUT2D eigenvalue weighted by atomic mass is 31.2. The number of aliphatic imine (C=N–C) groups is 2. The molecule has 1 fully saturated rings. The third-order valence-corrected chi connectivity index (χ3v) is 8.01. The van der Waals surface area contributed by atoms with Crippen LogP contribution in [-0.4, -0.2) is 96.3 Å². The van der Waals surface area contributed by atoms with E-state index in [1.165, 1.54) is 25.9 Å². The SMILES string of the molecule is COC1=NC(N)=[NH+]C2C1=NCN2C1OC(COP(=O)(NC(C)C(=O)OC(C)C)Oc2ccccc2)C(O)C1(C)F. The highest BCUT2D eigenvalue weighted by Crippen LogP contribution is 2.46. The minimum atomic E-state index is -4.27. The minimum Gasteiger partial charge on any atom is -0.468 e. The first-order valence-electron chi connectivity index (χ1n) is 12.7. The Labute approximate surface area is 231 Å². The monoisotopic (exact) mass is 585 g/mol. The van der Waals surface area contributed by atoms with Gasteiger partial charge < -0.3 is 23.8 Å². The quantitative estimate of drug-likeness (QED) is 0.204. The smallest absolute Gasteiger partial charge is 0.459 e. The number of nitrogens with two attached hydrogens (primary N) is 1. The lowest BCUT2D eigenvalue weighted by Gasteiger charge is -2.33. The molecule has 3 aliphatic rings. The number of ether oxygens (including phenoxy) is 3. The van der Waals surface area contributed by atoms with Crippen LogP contribution in [0.2, 0.25) is 0 Å². The molecule has 7 unspecified atom stereocenters. The molecule has 220 valence electrons.